The van der Waals surface area contributed by atoms with E-state index < -0.39 is 97.5 Å². The number of phosphoric acid groups is 2. The lowest BCUT2D eigenvalue weighted by molar-refractivity contribution is -0.161. The van der Waals surface area contributed by atoms with Gasteiger partial charge in [0.2, 0.25) is 0 Å². The third-order valence-electron chi connectivity index (χ3n) is 17.4. The number of aliphatic hydroxyl groups is 1. The second-order valence-corrected chi connectivity index (χ2v) is 30.4. The van der Waals surface area contributed by atoms with Gasteiger partial charge in [-0.3, -0.25) is 37.3 Å². The molecule has 0 amide bonds. The highest BCUT2D eigenvalue weighted by molar-refractivity contribution is 7.47. The number of hydrogen-bond acceptors (Lipinski definition) is 15. The Hall–Kier alpha value is -2.46. The predicted octanol–water partition coefficient (Wildman–Crippen LogP) is 22.4. The van der Waals surface area contributed by atoms with Gasteiger partial charge in [0.1, 0.15) is 19.3 Å². The third-order valence-corrected chi connectivity index (χ3v) is 19.3. The fourth-order valence-corrected chi connectivity index (χ4v) is 12.9. The van der Waals surface area contributed by atoms with Crippen LogP contribution in [-0.2, 0) is 65.4 Å². The number of esters is 4. The minimum atomic E-state index is -4.96. The van der Waals surface area contributed by atoms with Crippen molar-refractivity contribution in [1.29, 1.82) is 0 Å². The minimum absolute atomic E-state index is 0.0849. The lowest BCUT2D eigenvalue weighted by atomic mass is 10.0. The van der Waals surface area contributed by atoms with Gasteiger partial charge in [0.15, 0.2) is 12.2 Å². The van der Waals surface area contributed by atoms with Crippen LogP contribution in [0.25, 0.3) is 0 Å². The molecule has 0 spiro atoms. The molecule has 96 heavy (non-hydrogen) atoms. The summed E-state index contributed by atoms with van der Waals surface area (Å²) in [6.07, 6.45) is 61.9. The van der Waals surface area contributed by atoms with Crippen molar-refractivity contribution >= 4 is 39.5 Å². The molecule has 0 fully saturated rings. The molecule has 0 saturated heterocycles. The number of aliphatic hydroxyl groups excluding tert-OH is 1. The fourth-order valence-electron chi connectivity index (χ4n) is 11.3. The van der Waals surface area contributed by atoms with Crippen LogP contribution in [-0.4, -0.2) is 96.7 Å². The Morgan fingerprint density at radius 2 is 0.562 bits per heavy atom. The summed E-state index contributed by atoms with van der Waals surface area (Å²) < 4.78 is 68.4. The molecule has 2 unspecified atom stereocenters. The number of hydrogen-bond donors (Lipinski definition) is 3. The van der Waals surface area contributed by atoms with E-state index in [2.05, 4.69) is 58.9 Å². The lowest BCUT2D eigenvalue weighted by Crippen LogP contribution is -2.30. The van der Waals surface area contributed by atoms with E-state index in [4.69, 9.17) is 37.0 Å². The number of carbonyl (C=O) groups is 4. The Labute approximate surface area is 586 Å². The maximum atomic E-state index is 13.1. The van der Waals surface area contributed by atoms with Crippen molar-refractivity contribution in [3.8, 4) is 0 Å². The number of unbranched alkanes of at least 4 members (excludes halogenated alkanes) is 44. The average molecular weight is 1410 g/mol. The highest BCUT2D eigenvalue weighted by atomic mass is 31.2. The Balaban J connectivity index is 5.22. The molecule has 0 radical (unpaired) electrons. The van der Waals surface area contributed by atoms with Gasteiger partial charge in [-0.2, -0.15) is 0 Å². The van der Waals surface area contributed by atoms with E-state index in [0.717, 1.165) is 121 Å². The van der Waals surface area contributed by atoms with Crippen molar-refractivity contribution in [3.05, 3.63) is 24.3 Å². The molecule has 566 valence electrons. The second kappa shape index (κ2) is 69.6. The van der Waals surface area contributed by atoms with E-state index in [1.165, 1.54) is 180 Å². The maximum Gasteiger partial charge on any atom is 0.472 e. The predicted molar refractivity (Wildman–Crippen MR) is 391 cm³/mol. The minimum Gasteiger partial charge on any atom is -0.462 e. The molecule has 0 aliphatic heterocycles. The van der Waals surface area contributed by atoms with Gasteiger partial charge in [0, 0.05) is 25.7 Å². The molecule has 5 atom stereocenters. The highest BCUT2D eigenvalue weighted by Gasteiger charge is 2.30. The normalized spacial score (nSPS) is 14.1. The van der Waals surface area contributed by atoms with Crippen LogP contribution in [0.2, 0.25) is 0 Å². The van der Waals surface area contributed by atoms with E-state index >= 15 is 0 Å². The molecule has 0 aliphatic rings. The summed E-state index contributed by atoms with van der Waals surface area (Å²) in [5, 5.41) is 10.6. The molecule has 0 aromatic rings. The quantitative estimate of drug-likeness (QED) is 0.0169. The van der Waals surface area contributed by atoms with E-state index in [-0.39, 0.29) is 25.7 Å². The SMILES string of the molecule is CCCCCC/C=C\C=C/CCCCCCCC(=O)O[C@H](COC(=O)CCCCCCCCC)COP(=O)(O)OC[C@H](O)COP(=O)(O)OC[C@@H](COC(=O)CCCCCCCCCCCCCCCCCC)OC(=O)CCCCCCCCCCCCCCCCCC(C)C. The summed E-state index contributed by atoms with van der Waals surface area (Å²) in [4.78, 5) is 72.7. The van der Waals surface area contributed by atoms with Gasteiger partial charge in [-0.25, -0.2) is 9.13 Å². The molecule has 0 rings (SSSR count). The van der Waals surface area contributed by atoms with Gasteiger partial charge in [-0.15, -0.1) is 0 Å². The topological polar surface area (TPSA) is 237 Å². The lowest BCUT2D eigenvalue weighted by Gasteiger charge is -2.21. The first-order valence-electron chi connectivity index (χ1n) is 39.5. The van der Waals surface area contributed by atoms with Crippen LogP contribution in [0.5, 0.6) is 0 Å². The third kappa shape index (κ3) is 70.0. The number of allylic oxidation sites excluding steroid dienone is 4. The van der Waals surface area contributed by atoms with Crippen LogP contribution in [0.15, 0.2) is 24.3 Å². The molecule has 0 aromatic carbocycles. The van der Waals surface area contributed by atoms with Crippen molar-refractivity contribution in [2.75, 3.05) is 39.6 Å². The van der Waals surface area contributed by atoms with Crippen LogP contribution in [0.1, 0.15) is 381 Å². The summed E-state index contributed by atoms with van der Waals surface area (Å²) >= 11 is 0. The number of carbonyl (C=O) groups excluding carboxylic acids is 4. The summed E-state index contributed by atoms with van der Waals surface area (Å²) in [7, 11) is -9.92. The number of rotatable bonds is 75. The molecule has 0 saturated carbocycles. The standard InChI is InChI=1S/C77H146O17P2/c1-6-9-12-15-18-20-22-24-26-30-33-37-41-46-51-56-61-75(80)88-67-73(94-77(82)63-58-53-48-43-39-35-31-27-29-32-36-40-45-49-54-59-70(4)5)69-92-96(85,86)90-65-71(78)64-89-95(83,84)91-68-72(66-87-74(79)60-55-50-44-17-14-11-8-3)93-76(81)62-57-52-47-42-38-34-28-25-23-21-19-16-13-10-7-2/h21,23,25,28,70-73,78H,6-20,22,24,26-27,29-69H2,1-5H3,(H,83,84)(H,85,86)/b23-21-,28-25-/t71-,72+,73+/m0/s1. The van der Waals surface area contributed by atoms with Crippen molar-refractivity contribution < 1.29 is 80.2 Å². The van der Waals surface area contributed by atoms with Crippen molar-refractivity contribution in [3.63, 3.8) is 0 Å². The van der Waals surface area contributed by atoms with Gasteiger partial charge in [0.05, 0.1) is 26.4 Å². The molecule has 3 N–H and O–H groups in total. The Bertz CT molecular complexity index is 1930. The summed E-state index contributed by atoms with van der Waals surface area (Å²) in [6, 6.07) is 0. The van der Waals surface area contributed by atoms with Gasteiger partial charge in [0.25, 0.3) is 0 Å². The van der Waals surface area contributed by atoms with E-state index in [1.54, 1.807) is 0 Å². The van der Waals surface area contributed by atoms with Gasteiger partial charge in [-0.05, 0) is 57.3 Å². The molecule has 0 aromatic heterocycles. The summed E-state index contributed by atoms with van der Waals surface area (Å²) in [5.41, 5.74) is 0. The first kappa shape index (κ1) is 93.5. The van der Waals surface area contributed by atoms with Crippen LogP contribution in [0.3, 0.4) is 0 Å². The molecule has 0 heterocycles. The Morgan fingerprint density at radius 1 is 0.323 bits per heavy atom. The van der Waals surface area contributed by atoms with Crippen LogP contribution in [0, 0.1) is 5.92 Å². The summed E-state index contributed by atoms with van der Waals surface area (Å²) in [6.45, 7) is 7.22. The average Bonchev–Trinajstić information content (AvgIpc) is 2.79. The van der Waals surface area contributed by atoms with E-state index in [9.17, 15) is 43.2 Å². The summed E-state index contributed by atoms with van der Waals surface area (Å²) in [5.74, 6) is -1.35. The van der Waals surface area contributed by atoms with Crippen molar-refractivity contribution in [1.82, 2.24) is 0 Å². The highest BCUT2D eigenvalue weighted by Crippen LogP contribution is 2.45. The van der Waals surface area contributed by atoms with Crippen molar-refractivity contribution in [2.45, 2.75) is 400 Å². The molecule has 17 nitrogen and oxygen atoms in total. The van der Waals surface area contributed by atoms with E-state index in [1.807, 2.05) is 0 Å². The van der Waals surface area contributed by atoms with Crippen LogP contribution < -0.4 is 0 Å². The van der Waals surface area contributed by atoms with Crippen molar-refractivity contribution in [2.24, 2.45) is 5.92 Å². The largest absolute Gasteiger partial charge is 0.472 e. The number of phosphoric ester groups is 2. The molecular weight excluding hydrogens is 1260 g/mol. The van der Waals surface area contributed by atoms with Crippen LogP contribution >= 0.6 is 15.6 Å². The number of ether oxygens (including phenoxy) is 4. The monoisotopic (exact) mass is 1410 g/mol. The second-order valence-electron chi connectivity index (χ2n) is 27.5. The van der Waals surface area contributed by atoms with E-state index in [0.29, 0.717) is 25.7 Å². The first-order chi connectivity index (χ1) is 46.5. The zero-order chi connectivity index (χ0) is 70.5. The molecular formula is C77H146O17P2. The molecule has 19 heteroatoms. The Morgan fingerprint density at radius 3 is 0.854 bits per heavy atom. The first-order valence-corrected chi connectivity index (χ1v) is 42.4. The Kier molecular flexibility index (Phi) is 67.8. The molecule has 0 aliphatic carbocycles. The fraction of sp³-hybridized carbons (Fsp3) is 0.896. The maximum absolute atomic E-state index is 13.1. The van der Waals surface area contributed by atoms with Gasteiger partial charge >= 0.3 is 39.5 Å². The zero-order valence-corrected chi connectivity index (χ0v) is 63.8. The smallest absolute Gasteiger partial charge is 0.462 e. The van der Waals surface area contributed by atoms with Crippen LogP contribution in [0.4, 0.5) is 0 Å². The zero-order valence-electron chi connectivity index (χ0n) is 62.0. The van der Waals surface area contributed by atoms with Gasteiger partial charge < -0.3 is 33.8 Å². The van der Waals surface area contributed by atoms with Gasteiger partial charge in [-0.1, -0.05) is 329 Å². The molecule has 0 bridgehead atoms.